The molecule has 2 rings (SSSR count). The fourth-order valence-corrected chi connectivity index (χ4v) is 1.52. The Morgan fingerprint density at radius 3 is 2.62 bits per heavy atom. The minimum atomic E-state index is -4.98. The van der Waals surface area contributed by atoms with Gasteiger partial charge in [0.05, 0.1) is 19.8 Å². The number of nitrogens with zero attached hydrogens (tertiary/aromatic N) is 2. The fourth-order valence-electron chi connectivity index (χ4n) is 1.52. The highest BCUT2D eigenvalue weighted by atomic mass is 19.4. The van der Waals surface area contributed by atoms with Gasteiger partial charge >= 0.3 is 18.2 Å². The Morgan fingerprint density at radius 1 is 1.38 bits per heavy atom. The van der Waals surface area contributed by atoms with Crippen LogP contribution < -0.4 is 10.1 Å². The number of oxazole rings is 1. The molecule has 0 spiro atoms. The second-order valence-corrected chi connectivity index (χ2v) is 4.10. The predicted octanol–water partition coefficient (Wildman–Crippen LogP) is 2.12. The minimum Gasteiger partial charge on any atom is -0.479 e. The maximum atomic E-state index is 12.9. The number of hydrogen-bond donors (Lipinski definition) is 1. The first kappa shape index (κ1) is 17.3. The Labute approximate surface area is 131 Å². The van der Waals surface area contributed by atoms with Crippen LogP contribution in [0.3, 0.4) is 0 Å². The van der Waals surface area contributed by atoms with Crippen LogP contribution in [0, 0.1) is 0 Å². The van der Waals surface area contributed by atoms with Crippen molar-refractivity contribution in [2.45, 2.75) is 13.1 Å². The van der Waals surface area contributed by atoms with E-state index >= 15 is 0 Å². The third-order valence-corrected chi connectivity index (χ3v) is 2.50. The number of aromatic nitrogens is 2. The van der Waals surface area contributed by atoms with Crippen LogP contribution in [0.2, 0.25) is 0 Å². The number of methoxy groups -OCH3 is 1. The monoisotopic (exact) mass is 349 g/mol. The van der Waals surface area contributed by atoms with Crippen molar-refractivity contribution in [3.63, 3.8) is 0 Å². The van der Waals surface area contributed by atoms with Gasteiger partial charge in [-0.05, 0) is 12.1 Å². The van der Waals surface area contributed by atoms with Crippen LogP contribution in [0.15, 0.2) is 15.0 Å². The smallest absolute Gasteiger partial charge is 0.437 e. The number of amides is 1. The standard InChI is InChI=1S/C12H10F3N3O6/c1-3-22-10(20)7-8(12(13,14)15)16-11(23-7)17-9(19)5-4-6(21-2)18-24-5/h4H,3H2,1-2H3,(H,16,17,19). The van der Waals surface area contributed by atoms with Crippen LogP contribution in [-0.4, -0.2) is 35.7 Å². The molecule has 24 heavy (non-hydrogen) atoms. The number of carbonyl (C=O) groups excluding carboxylic acids is 2. The van der Waals surface area contributed by atoms with E-state index < -0.39 is 35.5 Å². The molecule has 2 aromatic rings. The van der Waals surface area contributed by atoms with E-state index in [1.54, 1.807) is 0 Å². The van der Waals surface area contributed by atoms with Crippen LogP contribution in [0.4, 0.5) is 19.2 Å². The van der Waals surface area contributed by atoms with Gasteiger partial charge in [-0.3, -0.25) is 10.1 Å². The number of ether oxygens (including phenoxy) is 2. The van der Waals surface area contributed by atoms with Gasteiger partial charge in [0.25, 0.3) is 11.8 Å². The van der Waals surface area contributed by atoms with Crippen molar-refractivity contribution >= 4 is 17.9 Å². The van der Waals surface area contributed by atoms with E-state index in [2.05, 4.69) is 28.6 Å². The fraction of sp³-hybridized carbons (Fsp3) is 0.333. The van der Waals surface area contributed by atoms with Gasteiger partial charge in [0.1, 0.15) is 0 Å². The molecule has 0 saturated carbocycles. The summed E-state index contributed by atoms with van der Waals surface area (Å²) < 4.78 is 57.1. The van der Waals surface area contributed by atoms with E-state index in [0.717, 1.165) is 6.07 Å². The first-order chi connectivity index (χ1) is 11.3. The molecule has 0 atom stereocenters. The van der Waals surface area contributed by atoms with Crippen molar-refractivity contribution in [3.05, 3.63) is 23.3 Å². The first-order valence-corrected chi connectivity index (χ1v) is 6.33. The minimum absolute atomic E-state index is 0.0178. The third-order valence-electron chi connectivity index (χ3n) is 2.50. The number of anilines is 1. The molecule has 0 fully saturated rings. The molecule has 9 nitrogen and oxygen atoms in total. The van der Waals surface area contributed by atoms with Gasteiger partial charge in [-0.25, -0.2) is 4.79 Å². The quantitative estimate of drug-likeness (QED) is 0.816. The second-order valence-electron chi connectivity index (χ2n) is 4.10. The SMILES string of the molecule is CCOC(=O)c1oc(NC(=O)c2cc(OC)no2)nc1C(F)(F)F. The van der Waals surface area contributed by atoms with E-state index in [4.69, 9.17) is 0 Å². The number of halogens is 3. The molecule has 0 aliphatic rings. The number of esters is 1. The summed E-state index contributed by atoms with van der Waals surface area (Å²) in [6, 6.07) is 0.237. The zero-order chi connectivity index (χ0) is 17.9. The van der Waals surface area contributed by atoms with Crippen LogP contribution in [0.25, 0.3) is 0 Å². The summed E-state index contributed by atoms with van der Waals surface area (Å²) in [6.07, 6.45) is -4.98. The van der Waals surface area contributed by atoms with Crippen LogP contribution >= 0.6 is 0 Å². The van der Waals surface area contributed by atoms with Gasteiger partial charge < -0.3 is 18.4 Å². The van der Waals surface area contributed by atoms with Gasteiger partial charge in [-0.15, -0.1) is 0 Å². The number of hydrogen-bond acceptors (Lipinski definition) is 8. The molecule has 2 heterocycles. The molecule has 1 N–H and O–H groups in total. The maximum absolute atomic E-state index is 12.9. The zero-order valence-electron chi connectivity index (χ0n) is 12.3. The van der Waals surface area contributed by atoms with Crippen molar-refractivity contribution in [3.8, 4) is 5.88 Å². The summed E-state index contributed by atoms with van der Waals surface area (Å²) in [5.41, 5.74) is -1.62. The summed E-state index contributed by atoms with van der Waals surface area (Å²) in [7, 11) is 1.27. The lowest BCUT2D eigenvalue weighted by atomic mass is 10.3. The largest absolute Gasteiger partial charge is 0.479 e. The number of carbonyl (C=O) groups is 2. The Kier molecular flexibility index (Phi) is 4.76. The number of nitrogens with one attached hydrogen (secondary N) is 1. The average molecular weight is 349 g/mol. The van der Waals surface area contributed by atoms with E-state index in [1.807, 2.05) is 5.32 Å². The third kappa shape index (κ3) is 3.64. The summed E-state index contributed by atoms with van der Waals surface area (Å²) in [5, 5.41) is 5.26. The molecule has 0 unspecified atom stereocenters. The van der Waals surface area contributed by atoms with Crippen molar-refractivity contribution < 1.29 is 41.2 Å². The lowest BCUT2D eigenvalue weighted by Gasteiger charge is -2.03. The van der Waals surface area contributed by atoms with Crippen molar-refractivity contribution in [2.24, 2.45) is 0 Å². The van der Waals surface area contributed by atoms with Gasteiger partial charge in [0.2, 0.25) is 11.5 Å². The molecule has 0 saturated heterocycles. The summed E-state index contributed by atoms with van der Waals surface area (Å²) in [4.78, 5) is 26.4. The van der Waals surface area contributed by atoms with Crippen molar-refractivity contribution in [1.82, 2.24) is 10.1 Å². The molecule has 2 aromatic heterocycles. The average Bonchev–Trinajstić information content (AvgIpc) is 3.13. The Bertz CT molecular complexity index is 752. The number of alkyl halides is 3. The normalized spacial score (nSPS) is 11.2. The highest BCUT2D eigenvalue weighted by Crippen LogP contribution is 2.33. The second kappa shape index (κ2) is 6.60. The summed E-state index contributed by atoms with van der Waals surface area (Å²) in [5.74, 6) is -3.92. The van der Waals surface area contributed by atoms with Crippen LogP contribution in [-0.2, 0) is 10.9 Å². The Hall–Kier alpha value is -3.05. The van der Waals surface area contributed by atoms with Gasteiger partial charge in [-0.1, -0.05) is 0 Å². The van der Waals surface area contributed by atoms with E-state index in [0.29, 0.717) is 0 Å². The van der Waals surface area contributed by atoms with Crippen molar-refractivity contribution in [1.29, 1.82) is 0 Å². The highest BCUT2D eigenvalue weighted by molar-refractivity contribution is 6.01. The summed E-state index contributed by atoms with van der Waals surface area (Å²) in [6.45, 7) is 1.23. The van der Waals surface area contributed by atoms with Gasteiger partial charge in [0, 0.05) is 0 Å². The Balaban J connectivity index is 2.27. The molecule has 0 bridgehead atoms. The van der Waals surface area contributed by atoms with E-state index in [1.165, 1.54) is 14.0 Å². The first-order valence-electron chi connectivity index (χ1n) is 6.33. The molecule has 0 aromatic carbocycles. The predicted molar refractivity (Wildman–Crippen MR) is 68.5 cm³/mol. The maximum Gasteiger partial charge on any atom is 0.437 e. The highest BCUT2D eigenvalue weighted by Gasteiger charge is 2.42. The van der Waals surface area contributed by atoms with Gasteiger partial charge in [-0.2, -0.15) is 18.2 Å². The number of rotatable bonds is 5. The van der Waals surface area contributed by atoms with E-state index in [9.17, 15) is 22.8 Å². The van der Waals surface area contributed by atoms with Gasteiger partial charge in [0.15, 0.2) is 5.69 Å². The molecule has 12 heteroatoms. The summed E-state index contributed by atoms with van der Waals surface area (Å²) >= 11 is 0. The van der Waals surface area contributed by atoms with Crippen molar-refractivity contribution in [2.75, 3.05) is 19.0 Å². The lowest BCUT2D eigenvalue weighted by molar-refractivity contribution is -0.141. The molecular formula is C12H10F3N3O6. The Morgan fingerprint density at radius 2 is 2.08 bits per heavy atom. The molecule has 130 valence electrons. The molecule has 0 aliphatic carbocycles. The molecule has 0 radical (unpaired) electrons. The lowest BCUT2D eigenvalue weighted by Crippen LogP contribution is -2.14. The molecular weight excluding hydrogens is 339 g/mol. The van der Waals surface area contributed by atoms with Crippen LogP contribution in [0.5, 0.6) is 5.88 Å². The van der Waals surface area contributed by atoms with Crippen LogP contribution in [0.1, 0.15) is 33.7 Å². The molecule has 0 aliphatic heterocycles. The topological polar surface area (TPSA) is 117 Å². The zero-order valence-corrected chi connectivity index (χ0v) is 12.3. The van der Waals surface area contributed by atoms with E-state index in [-0.39, 0.29) is 18.2 Å². The molecule has 1 amide bonds.